The zero-order valence-corrected chi connectivity index (χ0v) is 17.2. The van der Waals surface area contributed by atoms with E-state index in [9.17, 15) is 4.79 Å². The van der Waals surface area contributed by atoms with Crippen LogP contribution >= 0.6 is 11.8 Å². The Labute approximate surface area is 169 Å². The Bertz CT molecular complexity index is 924. The molecule has 2 heterocycles. The number of hydrogen-bond donors (Lipinski definition) is 1. The molecule has 0 aliphatic heterocycles. The van der Waals surface area contributed by atoms with Crippen molar-refractivity contribution in [3.05, 3.63) is 54.4 Å². The second-order valence-electron chi connectivity index (χ2n) is 6.89. The van der Waals surface area contributed by atoms with Gasteiger partial charge in [-0.2, -0.15) is 0 Å². The number of carbonyl (C=O) groups excluding carboxylic acids is 1. The number of amides is 1. The summed E-state index contributed by atoms with van der Waals surface area (Å²) in [5.74, 6) is 1.47. The second kappa shape index (κ2) is 9.50. The average Bonchev–Trinajstić information content (AvgIpc) is 3.09. The van der Waals surface area contributed by atoms with Gasteiger partial charge in [0.05, 0.1) is 5.75 Å². The Hall–Kier alpha value is -2.67. The molecule has 0 bridgehead atoms. The maximum atomic E-state index is 12.5. The highest BCUT2D eigenvalue weighted by Gasteiger charge is 2.17. The molecule has 1 aromatic carbocycles. The fourth-order valence-corrected chi connectivity index (χ4v) is 3.65. The van der Waals surface area contributed by atoms with Gasteiger partial charge in [-0.15, -0.1) is 10.2 Å². The van der Waals surface area contributed by atoms with Crippen LogP contribution in [0.5, 0.6) is 0 Å². The van der Waals surface area contributed by atoms with Gasteiger partial charge in [-0.05, 0) is 36.1 Å². The lowest BCUT2D eigenvalue weighted by Gasteiger charge is -2.13. The van der Waals surface area contributed by atoms with Gasteiger partial charge in [0.15, 0.2) is 11.0 Å². The summed E-state index contributed by atoms with van der Waals surface area (Å²) in [7, 11) is 0. The number of carbonyl (C=O) groups is 1. The van der Waals surface area contributed by atoms with Crippen molar-refractivity contribution in [2.45, 2.75) is 38.9 Å². The Morgan fingerprint density at radius 1 is 1.14 bits per heavy atom. The lowest BCUT2D eigenvalue weighted by Crippen LogP contribution is -2.16. The minimum Gasteiger partial charge on any atom is -0.325 e. The van der Waals surface area contributed by atoms with Crippen molar-refractivity contribution >= 4 is 23.4 Å². The number of aryl methyl sites for hydroxylation is 1. The van der Waals surface area contributed by atoms with Crippen molar-refractivity contribution in [1.29, 1.82) is 0 Å². The smallest absolute Gasteiger partial charge is 0.234 e. The largest absolute Gasteiger partial charge is 0.325 e. The molecule has 0 fully saturated rings. The Kier molecular flexibility index (Phi) is 6.81. The topological polar surface area (TPSA) is 72.7 Å². The third-order valence-electron chi connectivity index (χ3n) is 4.21. The number of nitrogens with one attached hydrogen (secondary N) is 1. The van der Waals surface area contributed by atoms with Gasteiger partial charge in [0.1, 0.15) is 0 Å². The second-order valence-corrected chi connectivity index (χ2v) is 7.84. The maximum absolute atomic E-state index is 12.5. The fourth-order valence-electron chi connectivity index (χ4n) is 2.91. The van der Waals surface area contributed by atoms with Gasteiger partial charge >= 0.3 is 0 Å². The molecule has 6 nitrogen and oxygen atoms in total. The van der Waals surface area contributed by atoms with Crippen molar-refractivity contribution in [3.8, 4) is 11.4 Å². The highest BCUT2D eigenvalue weighted by molar-refractivity contribution is 7.99. The van der Waals surface area contributed by atoms with Crippen LogP contribution in [0.25, 0.3) is 11.4 Å². The van der Waals surface area contributed by atoms with Gasteiger partial charge in [-0.3, -0.25) is 9.78 Å². The third-order valence-corrected chi connectivity index (χ3v) is 5.17. The summed E-state index contributed by atoms with van der Waals surface area (Å²) in [6.45, 7) is 7.17. The van der Waals surface area contributed by atoms with E-state index in [2.05, 4.69) is 45.8 Å². The van der Waals surface area contributed by atoms with E-state index in [1.54, 1.807) is 12.4 Å². The van der Waals surface area contributed by atoms with Crippen LogP contribution < -0.4 is 5.32 Å². The Morgan fingerprint density at radius 2 is 1.89 bits per heavy atom. The van der Waals surface area contributed by atoms with E-state index in [1.165, 1.54) is 11.8 Å². The molecule has 146 valence electrons. The average molecular weight is 396 g/mol. The molecular weight excluding hydrogens is 370 g/mol. The first-order valence-electron chi connectivity index (χ1n) is 9.42. The van der Waals surface area contributed by atoms with Crippen molar-refractivity contribution in [1.82, 2.24) is 19.7 Å². The van der Waals surface area contributed by atoms with E-state index < -0.39 is 0 Å². The molecule has 3 rings (SSSR count). The summed E-state index contributed by atoms with van der Waals surface area (Å²) < 4.78 is 2.08. The van der Waals surface area contributed by atoms with Crippen LogP contribution in [-0.2, 0) is 17.8 Å². The van der Waals surface area contributed by atoms with Crippen LogP contribution in [-0.4, -0.2) is 31.4 Å². The molecule has 0 aliphatic carbocycles. The van der Waals surface area contributed by atoms with Crippen molar-refractivity contribution in [2.24, 2.45) is 5.92 Å². The Balaban J connectivity index is 1.73. The first-order chi connectivity index (χ1) is 13.6. The summed E-state index contributed by atoms with van der Waals surface area (Å²) in [5.41, 5.74) is 2.97. The summed E-state index contributed by atoms with van der Waals surface area (Å²) in [6.07, 6.45) is 4.37. The van der Waals surface area contributed by atoms with E-state index in [0.717, 1.165) is 40.8 Å². The van der Waals surface area contributed by atoms with Crippen LogP contribution in [0.3, 0.4) is 0 Å². The lowest BCUT2D eigenvalue weighted by atomic mass is 10.1. The fraction of sp³-hybridized carbons (Fsp3) is 0.333. The molecule has 0 spiro atoms. The lowest BCUT2D eigenvalue weighted by molar-refractivity contribution is -0.113. The molecule has 3 aromatic rings. The normalized spacial score (nSPS) is 11.0. The number of aromatic nitrogens is 4. The van der Waals surface area contributed by atoms with E-state index in [-0.39, 0.29) is 11.7 Å². The van der Waals surface area contributed by atoms with E-state index in [0.29, 0.717) is 5.92 Å². The molecule has 0 atom stereocenters. The highest BCUT2D eigenvalue weighted by atomic mass is 32.2. The van der Waals surface area contributed by atoms with Crippen LogP contribution in [0.1, 0.15) is 26.3 Å². The molecule has 0 radical (unpaired) electrons. The van der Waals surface area contributed by atoms with Crippen molar-refractivity contribution in [2.75, 3.05) is 11.1 Å². The predicted molar refractivity (Wildman–Crippen MR) is 113 cm³/mol. The van der Waals surface area contributed by atoms with Crippen molar-refractivity contribution < 1.29 is 4.79 Å². The SMILES string of the molecule is CCc1ccccc1NC(=O)CSc1nnc(-c2ccncc2)n1CC(C)C. The quantitative estimate of drug-likeness (QED) is 0.576. The first-order valence-corrected chi connectivity index (χ1v) is 10.4. The molecule has 0 saturated heterocycles. The molecular formula is C21H25N5OS. The minimum atomic E-state index is -0.0459. The molecule has 1 N–H and O–H groups in total. The zero-order valence-electron chi connectivity index (χ0n) is 16.4. The minimum absolute atomic E-state index is 0.0459. The Morgan fingerprint density at radius 3 is 2.61 bits per heavy atom. The highest BCUT2D eigenvalue weighted by Crippen LogP contribution is 2.25. The zero-order chi connectivity index (χ0) is 19.9. The summed E-state index contributed by atoms with van der Waals surface area (Å²) in [4.78, 5) is 16.5. The molecule has 28 heavy (non-hydrogen) atoms. The monoisotopic (exact) mass is 395 g/mol. The molecule has 0 unspecified atom stereocenters. The number of hydrogen-bond acceptors (Lipinski definition) is 5. The number of nitrogens with zero attached hydrogens (tertiary/aromatic N) is 4. The summed E-state index contributed by atoms with van der Waals surface area (Å²) in [6, 6.07) is 11.7. The summed E-state index contributed by atoms with van der Waals surface area (Å²) >= 11 is 1.41. The van der Waals surface area contributed by atoms with Crippen LogP contribution in [0.15, 0.2) is 53.9 Å². The molecule has 7 heteroatoms. The first kappa shape index (κ1) is 20.1. The standard InChI is InChI=1S/C21H25N5OS/c1-4-16-7-5-6-8-18(16)23-19(27)14-28-21-25-24-20(26(21)13-15(2)3)17-9-11-22-12-10-17/h5-12,15H,4,13-14H2,1-3H3,(H,23,27). The number of benzene rings is 1. The van der Waals surface area contributed by atoms with Gasteiger partial charge < -0.3 is 9.88 Å². The molecule has 0 aliphatic rings. The molecule has 1 amide bonds. The summed E-state index contributed by atoms with van der Waals surface area (Å²) in [5, 5.41) is 12.4. The van der Waals surface area contributed by atoms with Gasteiger partial charge in [-0.25, -0.2) is 0 Å². The third kappa shape index (κ3) is 4.98. The van der Waals surface area contributed by atoms with Gasteiger partial charge in [0.25, 0.3) is 0 Å². The number of pyridine rings is 1. The number of thioether (sulfide) groups is 1. The van der Waals surface area contributed by atoms with E-state index >= 15 is 0 Å². The number of rotatable bonds is 8. The van der Waals surface area contributed by atoms with Gasteiger partial charge in [-0.1, -0.05) is 50.7 Å². The van der Waals surface area contributed by atoms with Crippen LogP contribution in [0, 0.1) is 5.92 Å². The van der Waals surface area contributed by atoms with E-state index in [4.69, 9.17) is 0 Å². The van der Waals surface area contributed by atoms with Crippen LogP contribution in [0.2, 0.25) is 0 Å². The van der Waals surface area contributed by atoms with Gasteiger partial charge in [0, 0.05) is 30.2 Å². The predicted octanol–water partition coefficient (Wildman–Crippen LogP) is 4.29. The number of para-hydroxylation sites is 1. The molecule has 0 saturated carbocycles. The van der Waals surface area contributed by atoms with Crippen molar-refractivity contribution in [3.63, 3.8) is 0 Å². The number of anilines is 1. The maximum Gasteiger partial charge on any atom is 0.234 e. The van der Waals surface area contributed by atoms with Gasteiger partial charge in [0.2, 0.25) is 5.91 Å². The van der Waals surface area contributed by atoms with E-state index in [1.807, 2.05) is 36.4 Å². The van der Waals surface area contributed by atoms with Crippen LogP contribution in [0.4, 0.5) is 5.69 Å². The molecule has 2 aromatic heterocycles.